The van der Waals surface area contributed by atoms with Crippen LogP contribution >= 0.6 is 12.4 Å². The van der Waals surface area contributed by atoms with Crippen molar-refractivity contribution in [2.75, 3.05) is 0 Å². The molecule has 0 aliphatic rings. The minimum absolute atomic E-state index is 0. The molecule has 0 aliphatic heterocycles. The highest BCUT2D eigenvalue weighted by molar-refractivity contribution is 5.86. The van der Waals surface area contributed by atoms with Crippen LogP contribution in [0.3, 0.4) is 0 Å². The summed E-state index contributed by atoms with van der Waals surface area (Å²) in [4.78, 5) is 23.4. The van der Waals surface area contributed by atoms with E-state index in [1.165, 1.54) is 6.92 Å². The minimum Gasteiger partial charge on any atom is -0.370 e. The number of halogens is 1. The van der Waals surface area contributed by atoms with Gasteiger partial charge in [0.25, 0.3) is 0 Å². The molecular weight excluding hydrogens is 196 g/mol. The van der Waals surface area contributed by atoms with E-state index in [2.05, 4.69) is 23.0 Å². The normalized spacial score (nSPS) is 7.00. The van der Waals surface area contributed by atoms with E-state index in [-0.39, 0.29) is 18.3 Å². The standard InChI is InChI=1S/C4H7NO2.C3H7NO.ClH/c1-3(2)4(6)7-5;1-2-3(4)5;/h1,5H2,2H3;2H2,1H3,(H2,4,5);1H. The molecule has 0 radical (unpaired) electrons. The van der Waals surface area contributed by atoms with Crippen molar-refractivity contribution < 1.29 is 14.4 Å². The first-order valence-electron chi connectivity index (χ1n) is 3.30. The van der Waals surface area contributed by atoms with Crippen molar-refractivity contribution in [2.24, 2.45) is 11.6 Å². The number of carbonyl (C=O) groups is 2. The molecule has 0 aromatic carbocycles. The Balaban J connectivity index is -0.000000150. The molecule has 0 aromatic rings. The second-order valence-corrected chi connectivity index (χ2v) is 2.01. The zero-order valence-corrected chi connectivity index (χ0v) is 8.52. The number of hydrogen-bond donors (Lipinski definition) is 2. The lowest BCUT2D eigenvalue weighted by molar-refractivity contribution is -0.139. The van der Waals surface area contributed by atoms with Crippen LogP contribution in [0.1, 0.15) is 20.3 Å². The monoisotopic (exact) mass is 210 g/mol. The van der Waals surface area contributed by atoms with Crippen molar-refractivity contribution in [1.29, 1.82) is 0 Å². The molecule has 0 heterocycles. The van der Waals surface area contributed by atoms with Crippen LogP contribution in [-0.2, 0) is 14.4 Å². The maximum atomic E-state index is 10.1. The maximum absolute atomic E-state index is 10.1. The zero-order valence-electron chi connectivity index (χ0n) is 7.70. The van der Waals surface area contributed by atoms with Crippen molar-refractivity contribution >= 4 is 24.3 Å². The molecule has 13 heavy (non-hydrogen) atoms. The van der Waals surface area contributed by atoms with Crippen LogP contribution in [0.4, 0.5) is 0 Å². The van der Waals surface area contributed by atoms with Gasteiger partial charge in [-0.25, -0.2) is 4.79 Å². The highest BCUT2D eigenvalue weighted by atomic mass is 35.5. The second kappa shape index (κ2) is 10.9. The predicted molar refractivity (Wildman–Crippen MR) is 51.8 cm³/mol. The maximum Gasteiger partial charge on any atom is 0.351 e. The summed E-state index contributed by atoms with van der Waals surface area (Å²) < 4.78 is 0. The van der Waals surface area contributed by atoms with Crippen molar-refractivity contribution in [1.82, 2.24) is 0 Å². The molecule has 0 aliphatic carbocycles. The number of amides is 1. The third-order valence-electron chi connectivity index (χ3n) is 0.804. The van der Waals surface area contributed by atoms with Gasteiger partial charge >= 0.3 is 5.97 Å². The van der Waals surface area contributed by atoms with Gasteiger partial charge < -0.3 is 10.6 Å². The third-order valence-corrected chi connectivity index (χ3v) is 0.804. The molecule has 0 aromatic heterocycles. The van der Waals surface area contributed by atoms with E-state index in [9.17, 15) is 9.59 Å². The lowest BCUT2D eigenvalue weighted by Gasteiger charge is -1.90. The van der Waals surface area contributed by atoms with Gasteiger partial charge in [-0.05, 0) is 6.92 Å². The van der Waals surface area contributed by atoms with E-state index in [4.69, 9.17) is 0 Å². The van der Waals surface area contributed by atoms with Gasteiger partial charge in [0.15, 0.2) is 0 Å². The molecule has 0 fully saturated rings. The van der Waals surface area contributed by atoms with Gasteiger partial charge in [-0.15, -0.1) is 12.4 Å². The van der Waals surface area contributed by atoms with Crippen LogP contribution in [0, 0.1) is 0 Å². The first kappa shape index (κ1) is 17.9. The van der Waals surface area contributed by atoms with Crippen molar-refractivity contribution in [3.8, 4) is 0 Å². The molecule has 0 unspecified atom stereocenters. The first-order chi connectivity index (χ1) is 5.45. The van der Waals surface area contributed by atoms with Crippen LogP contribution in [0.5, 0.6) is 0 Å². The summed E-state index contributed by atoms with van der Waals surface area (Å²) in [7, 11) is 0. The Bertz CT molecular complexity index is 183. The van der Waals surface area contributed by atoms with Gasteiger partial charge in [0.05, 0.1) is 0 Å². The van der Waals surface area contributed by atoms with E-state index >= 15 is 0 Å². The summed E-state index contributed by atoms with van der Waals surface area (Å²) in [5, 5.41) is 0. The molecule has 0 bridgehead atoms. The van der Waals surface area contributed by atoms with Crippen LogP contribution in [0.2, 0.25) is 0 Å². The van der Waals surface area contributed by atoms with E-state index in [1.807, 2.05) is 0 Å². The SMILES string of the molecule is C=C(C)C(=O)ON.CCC(N)=O.Cl. The Kier molecular flexibility index (Phi) is 15.0. The summed E-state index contributed by atoms with van der Waals surface area (Å²) in [5.74, 6) is 3.65. The van der Waals surface area contributed by atoms with E-state index in [0.717, 1.165) is 0 Å². The fourth-order valence-corrected chi connectivity index (χ4v) is 0.101. The molecule has 0 atom stereocenters. The minimum atomic E-state index is -0.569. The molecule has 0 spiro atoms. The third kappa shape index (κ3) is 18.1. The predicted octanol–water partition coefficient (Wildman–Crippen LogP) is 0.283. The highest BCUT2D eigenvalue weighted by Gasteiger charge is 1.96. The molecule has 0 saturated carbocycles. The number of rotatable bonds is 2. The topological polar surface area (TPSA) is 95.4 Å². The molecule has 0 rings (SSSR count). The van der Waals surface area contributed by atoms with Crippen molar-refractivity contribution in [3.63, 3.8) is 0 Å². The molecule has 6 heteroatoms. The molecule has 0 saturated heterocycles. The molecule has 5 nitrogen and oxygen atoms in total. The molecular formula is C7H15ClN2O3. The largest absolute Gasteiger partial charge is 0.370 e. The van der Waals surface area contributed by atoms with Crippen LogP contribution in [0.25, 0.3) is 0 Å². The van der Waals surface area contributed by atoms with Crippen LogP contribution in [-0.4, -0.2) is 11.9 Å². The van der Waals surface area contributed by atoms with Crippen molar-refractivity contribution in [2.45, 2.75) is 20.3 Å². The van der Waals surface area contributed by atoms with Crippen molar-refractivity contribution in [3.05, 3.63) is 12.2 Å². The van der Waals surface area contributed by atoms with Gasteiger partial charge in [0, 0.05) is 12.0 Å². The Labute approximate surface area is 83.5 Å². The number of carbonyl (C=O) groups excluding carboxylic acids is 2. The Morgan fingerprint density at radius 1 is 1.46 bits per heavy atom. The summed E-state index contributed by atoms with van der Waals surface area (Å²) in [5.41, 5.74) is 4.96. The van der Waals surface area contributed by atoms with E-state index < -0.39 is 5.97 Å². The Morgan fingerprint density at radius 3 is 1.77 bits per heavy atom. The Morgan fingerprint density at radius 2 is 1.77 bits per heavy atom. The molecule has 1 amide bonds. The average Bonchev–Trinajstić information content (AvgIpc) is 2.04. The van der Waals surface area contributed by atoms with Gasteiger partial charge in [0.1, 0.15) is 0 Å². The zero-order chi connectivity index (χ0) is 10.1. The first-order valence-corrected chi connectivity index (χ1v) is 3.30. The lowest BCUT2D eigenvalue weighted by atomic mass is 10.4. The molecule has 78 valence electrons. The summed E-state index contributed by atoms with van der Waals surface area (Å²) >= 11 is 0. The van der Waals surface area contributed by atoms with Gasteiger partial charge in [-0.2, -0.15) is 5.90 Å². The van der Waals surface area contributed by atoms with Gasteiger partial charge in [-0.1, -0.05) is 13.5 Å². The van der Waals surface area contributed by atoms with E-state index in [0.29, 0.717) is 12.0 Å². The number of hydrogen-bond acceptors (Lipinski definition) is 4. The molecule has 4 N–H and O–H groups in total. The Hall–Kier alpha value is -1.07. The van der Waals surface area contributed by atoms with Gasteiger partial charge in [0.2, 0.25) is 5.91 Å². The van der Waals surface area contributed by atoms with Crippen LogP contribution in [0.15, 0.2) is 12.2 Å². The van der Waals surface area contributed by atoms with E-state index in [1.54, 1.807) is 6.92 Å². The summed E-state index contributed by atoms with van der Waals surface area (Å²) in [6.45, 7) is 6.52. The summed E-state index contributed by atoms with van der Waals surface area (Å²) in [6, 6.07) is 0. The van der Waals surface area contributed by atoms with Crippen LogP contribution < -0.4 is 11.6 Å². The number of primary amides is 1. The second-order valence-electron chi connectivity index (χ2n) is 2.01. The fraction of sp³-hybridized carbons (Fsp3) is 0.429. The fourth-order valence-electron chi connectivity index (χ4n) is 0.101. The number of nitrogens with two attached hydrogens (primary N) is 2. The summed E-state index contributed by atoms with van der Waals surface area (Å²) in [6.07, 6.45) is 0.444. The lowest BCUT2D eigenvalue weighted by Crippen LogP contribution is -2.09. The quantitative estimate of drug-likeness (QED) is 0.506. The highest BCUT2D eigenvalue weighted by Crippen LogP contribution is 1.85. The smallest absolute Gasteiger partial charge is 0.351 e. The average molecular weight is 211 g/mol. The van der Waals surface area contributed by atoms with Gasteiger partial charge in [-0.3, -0.25) is 4.79 Å².